The number of carbonyl (C=O) groups is 1. The molecule has 0 aliphatic carbocycles. The molecule has 0 spiro atoms. The molecule has 2 aromatic rings. The Balaban J connectivity index is 2.49. The average molecular weight is 302 g/mol. The van der Waals surface area contributed by atoms with Crippen molar-refractivity contribution in [1.82, 2.24) is 0 Å². The van der Waals surface area contributed by atoms with Gasteiger partial charge in [-0.15, -0.1) is 0 Å². The Morgan fingerprint density at radius 3 is 2.38 bits per heavy atom. The lowest BCUT2D eigenvalue weighted by Gasteiger charge is -2.36. The van der Waals surface area contributed by atoms with Crippen LogP contribution in [0.3, 0.4) is 0 Å². The number of benzene rings is 2. The zero-order chi connectivity index (χ0) is 15.8. The van der Waals surface area contributed by atoms with Gasteiger partial charge in [0.05, 0.1) is 5.56 Å². The number of carboxylic acids is 1. The molecule has 0 aromatic heterocycles. The molecule has 0 saturated carbocycles. The van der Waals surface area contributed by atoms with Crippen LogP contribution in [0.25, 0.3) is 10.8 Å². The van der Waals surface area contributed by atoms with E-state index < -0.39 is 14.3 Å². The summed E-state index contributed by atoms with van der Waals surface area (Å²) < 4.78 is 6.37. The molecule has 1 N–H and O–H groups in total. The van der Waals surface area contributed by atoms with E-state index in [4.69, 9.17) is 9.53 Å². The van der Waals surface area contributed by atoms with E-state index in [0.717, 1.165) is 16.5 Å². The largest absolute Gasteiger partial charge is 0.543 e. The fourth-order valence-electron chi connectivity index (χ4n) is 1.90. The van der Waals surface area contributed by atoms with Crippen molar-refractivity contribution in [2.45, 2.75) is 38.9 Å². The molecule has 0 atom stereocenters. The lowest BCUT2D eigenvalue weighted by Crippen LogP contribution is -2.43. The zero-order valence-electron chi connectivity index (χ0n) is 13.2. The van der Waals surface area contributed by atoms with E-state index in [1.54, 1.807) is 12.1 Å². The van der Waals surface area contributed by atoms with Gasteiger partial charge in [-0.05, 0) is 47.8 Å². The van der Waals surface area contributed by atoms with Crippen molar-refractivity contribution in [3.63, 3.8) is 0 Å². The maximum atomic E-state index is 11.1. The van der Waals surface area contributed by atoms with Crippen LogP contribution >= 0.6 is 0 Å². The molecule has 2 aromatic carbocycles. The molecule has 0 amide bonds. The summed E-state index contributed by atoms with van der Waals surface area (Å²) in [7, 11) is -1.91. The molecule has 4 heteroatoms. The Labute approximate surface area is 126 Å². The Kier molecular flexibility index (Phi) is 3.85. The molecule has 0 fully saturated rings. The first-order chi connectivity index (χ1) is 9.62. The van der Waals surface area contributed by atoms with E-state index in [0.29, 0.717) is 5.56 Å². The third-order valence-electron chi connectivity index (χ3n) is 4.26. The minimum Gasteiger partial charge on any atom is -0.543 e. The van der Waals surface area contributed by atoms with Crippen molar-refractivity contribution in [3.8, 4) is 5.75 Å². The smallest absolute Gasteiger partial charge is 0.335 e. The molecule has 112 valence electrons. The summed E-state index contributed by atoms with van der Waals surface area (Å²) >= 11 is 0. The molecule has 0 unspecified atom stereocenters. The first-order valence-corrected chi connectivity index (χ1v) is 9.98. The Morgan fingerprint density at radius 2 is 1.81 bits per heavy atom. The fraction of sp³-hybridized carbons (Fsp3) is 0.353. The van der Waals surface area contributed by atoms with Crippen LogP contribution in [-0.4, -0.2) is 19.4 Å². The first kappa shape index (κ1) is 15.6. The molecular weight excluding hydrogens is 280 g/mol. The van der Waals surface area contributed by atoms with Crippen molar-refractivity contribution < 1.29 is 14.3 Å². The normalized spacial score (nSPS) is 12.4. The summed E-state index contributed by atoms with van der Waals surface area (Å²) in [6, 6.07) is 10.9. The minimum atomic E-state index is -1.91. The van der Waals surface area contributed by atoms with Crippen LogP contribution in [0.4, 0.5) is 0 Å². The Hall–Kier alpha value is -1.81. The van der Waals surface area contributed by atoms with Gasteiger partial charge in [-0.1, -0.05) is 32.9 Å². The molecular formula is C17H22O3Si. The van der Waals surface area contributed by atoms with Crippen LogP contribution in [0.2, 0.25) is 18.1 Å². The summed E-state index contributed by atoms with van der Waals surface area (Å²) in [5.74, 6) is -0.0661. The maximum Gasteiger partial charge on any atom is 0.335 e. The molecule has 0 aliphatic rings. The zero-order valence-corrected chi connectivity index (χ0v) is 14.2. The van der Waals surface area contributed by atoms with Gasteiger partial charge in [0.2, 0.25) is 0 Å². The van der Waals surface area contributed by atoms with Gasteiger partial charge in [0.25, 0.3) is 8.32 Å². The quantitative estimate of drug-likeness (QED) is 0.818. The molecule has 0 heterocycles. The van der Waals surface area contributed by atoms with Gasteiger partial charge in [0, 0.05) is 5.39 Å². The van der Waals surface area contributed by atoms with E-state index in [2.05, 4.69) is 33.9 Å². The second-order valence-corrected chi connectivity index (χ2v) is 11.6. The summed E-state index contributed by atoms with van der Waals surface area (Å²) in [5.41, 5.74) is 0.298. The molecule has 2 rings (SSSR count). The van der Waals surface area contributed by atoms with Crippen molar-refractivity contribution >= 4 is 25.1 Å². The highest BCUT2D eigenvalue weighted by Crippen LogP contribution is 2.39. The summed E-state index contributed by atoms with van der Waals surface area (Å²) in [6.07, 6.45) is 0. The summed E-state index contributed by atoms with van der Waals surface area (Å²) in [5, 5.41) is 11.1. The highest BCUT2D eigenvalue weighted by Gasteiger charge is 2.39. The van der Waals surface area contributed by atoms with Crippen LogP contribution < -0.4 is 4.43 Å². The van der Waals surface area contributed by atoms with Gasteiger partial charge >= 0.3 is 5.97 Å². The Morgan fingerprint density at radius 1 is 1.14 bits per heavy atom. The molecule has 0 saturated heterocycles. The third-order valence-corrected chi connectivity index (χ3v) is 8.60. The highest BCUT2D eigenvalue weighted by atomic mass is 28.4. The molecule has 0 radical (unpaired) electrons. The van der Waals surface area contributed by atoms with Crippen LogP contribution in [0.1, 0.15) is 31.1 Å². The second-order valence-electron chi connectivity index (χ2n) is 6.86. The van der Waals surface area contributed by atoms with Crippen LogP contribution in [0.5, 0.6) is 5.75 Å². The summed E-state index contributed by atoms with van der Waals surface area (Å²) in [6.45, 7) is 11.0. The highest BCUT2D eigenvalue weighted by molar-refractivity contribution is 6.74. The van der Waals surface area contributed by atoms with Crippen molar-refractivity contribution in [2.75, 3.05) is 0 Å². The van der Waals surface area contributed by atoms with Gasteiger partial charge in [0.15, 0.2) is 0 Å². The average Bonchev–Trinajstić information content (AvgIpc) is 2.36. The molecule has 3 nitrogen and oxygen atoms in total. The van der Waals surface area contributed by atoms with Crippen molar-refractivity contribution in [3.05, 3.63) is 42.0 Å². The number of hydrogen-bond donors (Lipinski definition) is 1. The van der Waals surface area contributed by atoms with Crippen LogP contribution in [0.15, 0.2) is 36.4 Å². The van der Waals surface area contributed by atoms with Gasteiger partial charge in [0.1, 0.15) is 5.75 Å². The SMILES string of the molecule is CC(C)(C)[Si](C)(C)Oc1cccc2cc(C(=O)O)ccc12. The van der Waals surface area contributed by atoms with Crippen molar-refractivity contribution in [1.29, 1.82) is 0 Å². The third kappa shape index (κ3) is 3.10. The number of carboxylic acid groups (broad SMARTS) is 1. The topological polar surface area (TPSA) is 46.5 Å². The lowest BCUT2D eigenvalue weighted by atomic mass is 10.1. The van der Waals surface area contributed by atoms with E-state index in [1.807, 2.05) is 24.3 Å². The van der Waals surface area contributed by atoms with Crippen molar-refractivity contribution in [2.24, 2.45) is 0 Å². The monoisotopic (exact) mass is 302 g/mol. The van der Waals surface area contributed by atoms with E-state index in [9.17, 15) is 4.79 Å². The van der Waals surface area contributed by atoms with Gasteiger partial charge in [-0.2, -0.15) is 0 Å². The summed E-state index contributed by atoms with van der Waals surface area (Å²) in [4.78, 5) is 11.1. The number of aromatic carboxylic acids is 1. The number of rotatable bonds is 3. The van der Waals surface area contributed by atoms with Gasteiger partial charge in [-0.3, -0.25) is 0 Å². The maximum absolute atomic E-state index is 11.1. The Bertz CT molecular complexity index is 684. The standard InChI is InChI=1S/C17H22O3Si/c1-17(2,3)21(4,5)20-15-8-6-7-12-11-13(16(18)19)9-10-14(12)15/h6-11H,1-5H3,(H,18,19). The van der Waals surface area contributed by atoms with Gasteiger partial charge < -0.3 is 9.53 Å². The molecule has 0 bridgehead atoms. The molecule has 0 aliphatic heterocycles. The minimum absolute atomic E-state index is 0.121. The number of fused-ring (bicyclic) bond motifs is 1. The van der Waals surface area contributed by atoms with E-state index >= 15 is 0 Å². The number of hydrogen-bond acceptors (Lipinski definition) is 2. The van der Waals surface area contributed by atoms with Gasteiger partial charge in [-0.25, -0.2) is 4.79 Å². The van der Waals surface area contributed by atoms with E-state index in [1.165, 1.54) is 0 Å². The van der Waals surface area contributed by atoms with Crippen LogP contribution in [0, 0.1) is 0 Å². The first-order valence-electron chi connectivity index (χ1n) is 7.07. The lowest BCUT2D eigenvalue weighted by molar-refractivity contribution is 0.0697. The van der Waals surface area contributed by atoms with E-state index in [-0.39, 0.29) is 5.04 Å². The predicted octanol–water partition coefficient (Wildman–Crippen LogP) is 4.92. The van der Waals surface area contributed by atoms with Crippen LogP contribution in [-0.2, 0) is 0 Å². The second kappa shape index (κ2) is 5.19. The predicted molar refractivity (Wildman–Crippen MR) is 88.7 cm³/mol. The molecule has 21 heavy (non-hydrogen) atoms. The fourth-order valence-corrected chi connectivity index (χ4v) is 2.94.